The van der Waals surface area contributed by atoms with Crippen molar-refractivity contribution in [2.75, 3.05) is 20.3 Å². The summed E-state index contributed by atoms with van der Waals surface area (Å²) in [5.74, 6) is 0.686. The highest BCUT2D eigenvalue weighted by Crippen LogP contribution is 2.24. The Morgan fingerprint density at radius 2 is 2.12 bits per heavy atom. The summed E-state index contributed by atoms with van der Waals surface area (Å²) in [5.41, 5.74) is 1.00. The Labute approximate surface area is 108 Å². The first kappa shape index (κ1) is 14.3. The minimum atomic E-state index is -0.101. The van der Waals surface area contributed by atoms with Crippen LogP contribution in [0.2, 0.25) is 5.02 Å². The molecule has 96 valence electrons. The maximum Gasteiger partial charge on any atom is 0.137 e. The van der Waals surface area contributed by atoms with E-state index in [1.54, 1.807) is 7.11 Å². The molecule has 0 atom stereocenters. The molecule has 0 saturated carbocycles. The van der Waals surface area contributed by atoms with Gasteiger partial charge in [0.25, 0.3) is 0 Å². The van der Waals surface area contributed by atoms with Crippen LogP contribution >= 0.6 is 11.6 Å². The third-order valence-electron chi connectivity index (χ3n) is 2.58. The van der Waals surface area contributed by atoms with E-state index in [0.717, 1.165) is 18.7 Å². The van der Waals surface area contributed by atoms with Crippen LogP contribution < -0.4 is 10.1 Å². The maximum atomic E-state index is 9.13. The first-order valence-electron chi connectivity index (χ1n) is 5.62. The summed E-state index contributed by atoms with van der Waals surface area (Å²) in [6.45, 7) is 5.69. The molecule has 0 amide bonds. The average Bonchev–Trinajstić information content (AvgIpc) is 2.29. The molecule has 0 spiro atoms. The van der Waals surface area contributed by atoms with E-state index in [-0.39, 0.29) is 12.0 Å². The lowest BCUT2D eigenvalue weighted by molar-refractivity contribution is 0.156. The van der Waals surface area contributed by atoms with Crippen LogP contribution in [0.1, 0.15) is 19.4 Å². The van der Waals surface area contributed by atoms with E-state index in [4.69, 9.17) is 21.4 Å². The van der Waals surface area contributed by atoms with Gasteiger partial charge in [-0.05, 0) is 17.7 Å². The van der Waals surface area contributed by atoms with Crippen molar-refractivity contribution in [2.45, 2.75) is 20.4 Å². The predicted octanol–water partition coefficient (Wildman–Crippen LogP) is 2.46. The van der Waals surface area contributed by atoms with E-state index in [0.29, 0.717) is 10.8 Å². The minimum Gasteiger partial charge on any atom is -0.495 e. The van der Waals surface area contributed by atoms with Gasteiger partial charge in [0, 0.05) is 25.1 Å². The Morgan fingerprint density at radius 1 is 1.41 bits per heavy atom. The van der Waals surface area contributed by atoms with Crippen molar-refractivity contribution in [3.05, 3.63) is 28.8 Å². The second-order valence-corrected chi connectivity index (χ2v) is 5.30. The van der Waals surface area contributed by atoms with E-state index < -0.39 is 0 Å². The molecule has 0 unspecified atom stereocenters. The number of ether oxygens (including phenoxy) is 1. The number of halogens is 1. The molecule has 0 heterocycles. The topological polar surface area (TPSA) is 41.5 Å². The van der Waals surface area contributed by atoms with E-state index >= 15 is 0 Å². The summed E-state index contributed by atoms with van der Waals surface area (Å²) in [7, 11) is 1.60. The van der Waals surface area contributed by atoms with Gasteiger partial charge in [0.1, 0.15) is 5.75 Å². The van der Waals surface area contributed by atoms with Gasteiger partial charge in [0.15, 0.2) is 0 Å². The molecule has 0 aliphatic rings. The molecule has 4 heteroatoms. The number of aliphatic hydroxyl groups excluding tert-OH is 1. The monoisotopic (exact) mass is 257 g/mol. The number of aliphatic hydroxyl groups is 1. The Hall–Kier alpha value is -0.770. The average molecular weight is 258 g/mol. The SMILES string of the molecule is COc1ccc(CNCC(C)(C)CO)cc1Cl. The molecule has 1 aromatic rings. The van der Waals surface area contributed by atoms with Gasteiger partial charge in [-0.1, -0.05) is 31.5 Å². The third kappa shape index (κ3) is 4.54. The van der Waals surface area contributed by atoms with Crippen LogP contribution in [0.5, 0.6) is 5.75 Å². The quantitative estimate of drug-likeness (QED) is 0.823. The highest BCUT2D eigenvalue weighted by Gasteiger charge is 2.15. The first-order chi connectivity index (χ1) is 7.98. The third-order valence-corrected chi connectivity index (χ3v) is 2.87. The minimum absolute atomic E-state index is 0.101. The van der Waals surface area contributed by atoms with Crippen LogP contribution in [0.15, 0.2) is 18.2 Å². The number of rotatable bonds is 6. The Balaban J connectivity index is 2.50. The van der Waals surface area contributed by atoms with Crippen LogP contribution in [0, 0.1) is 5.41 Å². The molecule has 1 aromatic carbocycles. The predicted molar refractivity (Wildman–Crippen MR) is 70.6 cm³/mol. The van der Waals surface area contributed by atoms with Gasteiger partial charge in [0.2, 0.25) is 0 Å². The lowest BCUT2D eigenvalue weighted by Crippen LogP contribution is -2.31. The highest BCUT2D eigenvalue weighted by molar-refractivity contribution is 6.32. The number of hydrogen-bond acceptors (Lipinski definition) is 3. The zero-order valence-electron chi connectivity index (χ0n) is 10.6. The van der Waals surface area contributed by atoms with Crippen molar-refractivity contribution in [3.8, 4) is 5.75 Å². The smallest absolute Gasteiger partial charge is 0.137 e. The Bertz CT molecular complexity index is 366. The van der Waals surface area contributed by atoms with Gasteiger partial charge in [-0.15, -0.1) is 0 Å². The van der Waals surface area contributed by atoms with Crippen molar-refractivity contribution in [1.82, 2.24) is 5.32 Å². The Morgan fingerprint density at radius 3 is 2.65 bits per heavy atom. The second kappa shape index (κ2) is 6.24. The summed E-state index contributed by atoms with van der Waals surface area (Å²) >= 11 is 6.03. The molecule has 0 bridgehead atoms. The zero-order valence-corrected chi connectivity index (χ0v) is 11.3. The molecule has 0 saturated heterocycles. The summed E-state index contributed by atoms with van der Waals surface area (Å²) in [6, 6.07) is 5.72. The molecule has 0 radical (unpaired) electrons. The standard InChI is InChI=1S/C13H20ClNO2/c1-13(2,9-16)8-15-7-10-4-5-12(17-3)11(14)6-10/h4-6,15-16H,7-9H2,1-3H3. The molecular formula is C13H20ClNO2. The lowest BCUT2D eigenvalue weighted by Gasteiger charge is -2.22. The fourth-order valence-corrected chi connectivity index (χ4v) is 1.70. The van der Waals surface area contributed by atoms with Gasteiger partial charge in [0.05, 0.1) is 12.1 Å². The largest absolute Gasteiger partial charge is 0.495 e. The molecular weight excluding hydrogens is 238 g/mol. The van der Waals surface area contributed by atoms with Crippen LogP contribution in [0.3, 0.4) is 0 Å². The van der Waals surface area contributed by atoms with E-state index in [9.17, 15) is 0 Å². The first-order valence-corrected chi connectivity index (χ1v) is 6.00. The molecule has 0 aliphatic carbocycles. The van der Waals surface area contributed by atoms with Gasteiger partial charge in [-0.2, -0.15) is 0 Å². The molecule has 0 aliphatic heterocycles. The van der Waals surface area contributed by atoms with Gasteiger partial charge < -0.3 is 15.2 Å². The summed E-state index contributed by atoms with van der Waals surface area (Å²) < 4.78 is 5.09. The van der Waals surface area contributed by atoms with Crippen LogP contribution in [0.4, 0.5) is 0 Å². The van der Waals surface area contributed by atoms with E-state index in [1.807, 2.05) is 32.0 Å². The second-order valence-electron chi connectivity index (χ2n) is 4.89. The van der Waals surface area contributed by atoms with E-state index in [2.05, 4.69) is 5.32 Å². The van der Waals surface area contributed by atoms with Gasteiger partial charge in [-0.25, -0.2) is 0 Å². The fraction of sp³-hybridized carbons (Fsp3) is 0.538. The van der Waals surface area contributed by atoms with Gasteiger partial charge >= 0.3 is 0 Å². The van der Waals surface area contributed by atoms with Crippen molar-refractivity contribution in [3.63, 3.8) is 0 Å². The normalized spacial score (nSPS) is 11.6. The lowest BCUT2D eigenvalue weighted by atomic mass is 9.95. The molecule has 0 fully saturated rings. The highest BCUT2D eigenvalue weighted by atomic mass is 35.5. The van der Waals surface area contributed by atoms with Crippen molar-refractivity contribution < 1.29 is 9.84 Å². The number of hydrogen-bond donors (Lipinski definition) is 2. The molecule has 3 nitrogen and oxygen atoms in total. The summed E-state index contributed by atoms with van der Waals surface area (Å²) in [6.07, 6.45) is 0. The molecule has 1 rings (SSSR count). The summed E-state index contributed by atoms with van der Waals surface area (Å²) in [4.78, 5) is 0. The van der Waals surface area contributed by atoms with Crippen molar-refractivity contribution >= 4 is 11.6 Å². The van der Waals surface area contributed by atoms with Crippen LogP contribution in [-0.2, 0) is 6.54 Å². The van der Waals surface area contributed by atoms with Crippen molar-refractivity contribution in [1.29, 1.82) is 0 Å². The molecule has 17 heavy (non-hydrogen) atoms. The molecule has 2 N–H and O–H groups in total. The van der Waals surface area contributed by atoms with Crippen LogP contribution in [0.25, 0.3) is 0 Å². The fourth-order valence-electron chi connectivity index (χ4n) is 1.42. The number of benzene rings is 1. The molecule has 0 aromatic heterocycles. The van der Waals surface area contributed by atoms with E-state index in [1.165, 1.54) is 0 Å². The maximum absolute atomic E-state index is 9.13. The number of nitrogens with one attached hydrogen (secondary N) is 1. The zero-order chi connectivity index (χ0) is 12.9. The summed E-state index contributed by atoms with van der Waals surface area (Å²) in [5, 5.41) is 13.0. The Kier molecular flexibility index (Phi) is 5.25. The van der Waals surface area contributed by atoms with Crippen LogP contribution in [-0.4, -0.2) is 25.4 Å². The van der Waals surface area contributed by atoms with Crippen molar-refractivity contribution in [2.24, 2.45) is 5.41 Å². The van der Waals surface area contributed by atoms with Gasteiger partial charge in [-0.3, -0.25) is 0 Å². The number of methoxy groups -OCH3 is 1.